The lowest BCUT2D eigenvalue weighted by Crippen LogP contribution is -2.26. The molecule has 2 N–H and O–H groups in total. The van der Waals surface area contributed by atoms with Gasteiger partial charge in [-0.2, -0.15) is 0 Å². The number of para-hydroxylation sites is 1. The van der Waals surface area contributed by atoms with Crippen LogP contribution in [0.25, 0.3) is 22.2 Å². The Hall–Kier alpha value is -2.80. The Morgan fingerprint density at radius 2 is 1.77 bits per heavy atom. The van der Waals surface area contributed by atoms with Crippen LogP contribution in [0.4, 0.5) is 0 Å². The van der Waals surface area contributed by atoms with Crippen molar-refractivity contribution in [2.24, 2.45) is 0 Å². The van der Waals surface area contributed by atoms with Gasteiger partial charge in [-0.25, -0.2) is 13.1 Å². The van der Waals surface area contributed by atoms with E-state index in [1.807, 2.05) is 60.7 Å². The number of sulfonamides is 1. The molecule has 154 valence electrons. The highest BCUT2D eigenvalue weighted by Gasteiger charge is 2.19. The van der Waals surface area contributed by atoms with Gasteiger partial charge in [-0.15, -0.1) is 0 Å². The fourth-order valence-corrected chi connectivity index (χ4v) is 4.86. The molecule has 1 aromatic heterocycles. The lowest BCUT2D eigenvalue weighted by atomic mass is 10.1. The highest BCUT2D eigenvalue weighted by Crippen LogP contribution is 2.30. The Morgan fingerprint density at radius 3 is 2.50 bits per heavy atom. The van der Waals surface area contributed by atoms with Crippen molar-refractivity contribution >= 4 is 32.5 Å². The van der Waals surface area contributed by atoms with Crippen molar-refractivity contribution in [3.8, 4) is 17.0 Å². The van der Waals surface area contributed by atoms with Crippen molar-refractivity contribution < 1.29 is 13.2 Å². The van der Waals surface area contributed by atoms with E-state index in [2.05, 4.69) is 9.71 Å². The molecule has 0 spiro atoms. The molecule has 0 radical (unpaired) electrons. The molecule has 0 aliphatic carbocycles. The van der Waals surface area contributed by atoms with Gasteiger partial charge in [-0.3, -0.25) is 0 Å². The van der Waals surface area contributed by atoms with Gasteiger partial charge in [0.05, 0.1) is 12.1 Å². The Balaban J connectivity index is 1.53. The van der Waals surface area contributed by atoms with Gasteiger partial charge >= 0.3 is 0 Å². The summed E-state index contributed by atoms with van der Waals surface area (Å²) in [6, 6.07) is 22.4. The molecule has 7 heteroatoms. The average molecular weight is 441 g/mol. The largest absolute Gasteiger partial charge is 0.497 e. The standard InChI is InChI=1S/C23H21ClN2O3S/c1-29-19-9-6-16(7-10-19)12-13-25-30(27,28)23-15-18(8-11-20(23)24)22-14-17-4-2-3-5-21(17)26-22/h2-11,14-15,25-26H,12-13H2,1H3. The zero-order chi connectivity index (χ0) is 21.1. The van der Waals surface area contributed by atoms with Gasteiger partial charge in [0.15, 0.2) is 0 Å². The first kappa shape index (κ1) is 20.5. The van der Waals surface area contributed by atoms with E-state index in [0.717, 1.165) is 33.5 Å². The molecule has 4 aromatic rings. The first-order valence-corrected chi connectivity index (χ1v) is 11.3. The van der Waals surface area contributed by atoms with Gasteiger partial charge in [0.2, 0.25) is 10.0 Å². The van der Waals surface area contributed by atoms with Crippen LogP contribution in [0.15, 0.2) is 77.7 Å². The van der Waals surface area contributed by atoms with Crippen molar-refractivity contribution in [3.05, 3.63) is 83.4 Å². The normalized spacial score (nSPS) is 11.7. The predicted molar refractivity (Wildman–Crippen MR) is 121 cm³/mol. The summed E-state index contributed by atoms with van der Waals surface area (Å²) in [5.74, 6) is 0.764. The number of aromatic nitrogens is 1. The summed E-state index contributed by atoms with van der Waals surface area (Å²) < 4.78 is 33.5. The summed E-state index contributed by atoms with van der Waals surface area (Å²) in [5, 5.41) is 1.25. The smallest absolute Gasteiger partial charge is 0.242 e. The van der Waals surface area contributed by atoms with E-state index in [9.17, 15) is 8.42 Å². The van der Waals surface area contributed by atoms with E-state index >= 15 is 0 Å². The van der Waals surface area contributed by atoms with Crippen molar-refractivity contribution in [2.75, 3.05) is 13.7 Å². The quantitative estimate of drug-likeness (QED) is 0.424. The van der Waals surface area contributed by atoms with Crippen LogP contribution < -0.4 is 9.46 Å². The molecule has 5 nitrogen and oxygen atoms in total. The van der Waals surface area contributed by atoms with Crippen molar-refractivity contribution in [1.82, 2.24) is 9.71 Å². The minimum atomic E-state index is -3.76. The van der Waals surface area contributed by atoms with E-state index < -0.39 is 10.0 Å². The van der Waals surface area contributed by atoms with Crippen molar-refractivity contribution in [1.29, 1.82) is 0 Å². The molecular weight excluding hydrogens is 420 g/mol. The fraction of sp³-hybridized carbons (Fsp3) is 0.130. The molecule has 0 amide bonds. The zero-order valence-electron chi connectivity index (χ0n) is 16.4. The lowest BCUT2D eigenvalue weighted by molar-refractivity contribution is 0.414. The summed E-state index contributed by atoms with van der Waals surface area (Å²) in [6.45, 7) is 0.265. The van der Waals surface area contributed by atoms with E-state index in [-0.39, 0.29) is 16.5 Å². The molecular formula is C23H21ClN2O3S. The molecule has 0 unspecified atom stereocenters. The number of rotatable bonds is 7. The van der Waals surface area contributed by atoms with Crippen molar-refractivity contribution in [3.63, 3.8) is 0 Å². The number of fused-ring (bicyclic) bond motifs is 1. The van der Waals surface area contributed by atoms with Gasteiger partial charge < -0.3 is 9.72 Å². The summed E-state index contributed by atoms with van der Waals surface area (Å²) in [4.78, 5) is 3.38. The Kier molecular flexibility index (Phi) is 5.81. The second-order valence-electron chi connectivity index (χ2n) is 6.91. The number of H-pyrrole nitrogens is 1. The zero-order valence-corrected chi connectivity index (χ0v) is 17.9. The van der Waals surface area contributed by atoms with Crippen LogP contribution in [-0.2, 0) is 16.4 Å². The third kappa shape index (κ3) is 4.36. The third-order valence-electron chi connectivity index (χ3n) is 4.93. The minimum Gasteiger partial charge on any atom is -0.497 e. The second-order valence-corrected chi connectivity index (χ2v) is 9.05. The summed E-state index contributed by atoms with van der Waals surface area (Å²) in [5.41, 5.74) is 3.59. The number of nitrogens with one attached hydrogen (secondary N) is 2. The molecule has 0 saturated carbocycles. The molecule has 0 bridgehead atoms. The number of hydrogen-bond acceptors (Lipinski definition) is 3. The number of ether oxygens (including phenoxy) is 1. The van der Waals surface area contributed by atoms with Crippen LogP contribution in [0, 0.1) is 0 Å². The number of hydrogen-bond donors (Lipinski definition) is 2. The first-order chi connectivity index (χ1) is 14.5. The maximum atomic E-state index is 12.9. The maximum absolute atomic E-state index is 12.9. The van der Waals surface area contributed by atoms with Gasteiger partial charge in [0, 0.05) is 23.1 Å². The van der Waals surface area contributed by atoms with Crippen LogP contribution in [0.5, 0.6) is 5.75 Å². The Morgan fingerprint density at radius 1 is 1.00 bits per heavy atom. The molecule has 3 aromatic carbocycles. The van der Waals surface area contributed by atoms with Crippen molar-refractivity contribution in [2.45, 2.75) is 11.3 Å². The molecule has 30 heavy (non-hydrogen) atoms. The highest BCUT2D eigenvalue weighted by molar-refractivity contribution is 7.89. The minimum absolute atomic E-state index is 0.0649. The van der Waals surface area contributed by atoms with E-state index in [4.69, 9.17) is 16.3 Å². The van der Waals surface area contributed by atoms with Gasteiger partial charge in [0.1, 0.15) is 10.6 Å². The maximum Gasteiger partial charge on any atom is 0.242 e. The van der Waals surface area contributed by atoms with Gasteiger partial charge in [-0.05, 0) is 53.9 Å². The molecule has 4 rings (SSSR count). The Bertz CT molecular complexity index is 1250. The van der Waals surface area contributed by atoms with Crippen LogP contribution in [0.2, 0.25) is 5.02 Å². The Labute approximate surface area is 180 Å². The molecule has 0 aliphatic heterocycles. The second kappa shape index (κ2) is 8.52. The number of benzene rings is 3. The third-order valence-corrected chi connectivity index (χ3v) is 6.87. The molecule has 0 saturated heterocycles. The highest BCUT2D eigenvalue weighted by atomic mass is 35.5. The SMILES string of the molecule is COc1ccc(CCNS(=O)(=O)c2cc(-c3cc4ccccc4[nH]3)ccc2Cl)cc1. The average Bonchev–Trinajstić information content (AvgIpc) is 3.18. The monoisotopic (exact) mass is 440 g/mol. The van der Waals surface area contributed by atoms with E-state index in [0.29, 0.717) is 6.42 Å². The van der Waals surface area contributed by atoms with Crippen LogP contribution in [0.1, 0.15) is 5.56 Å². The van der Waals surface area contributed by atoms with Gasteiger partial charge in [0.25, 0.3) is 0 Å². The molecule has 0 fully saturated rings. The topological polar surface area (TPSA) is 71.2 Å². The summed E-state index contributed by atoms with van der Waals surface area (Å²) in [6.07, 6.45) is 0.558. The first-order valence-electron chi connectivity index (χ1n) is 9.46. The van der Waals surface area contributed by atoms with Crippen LogP contribution in [0.3, 0.4) is 0 Å². The number of halogens is 1. The predicted octanol–water partition coefficient (Wildman–Crippen LogP) is 5.02. The summed E-state index contributed by atoms with van der Waals surface area (Å²) in [7, 11) is -2.15. The molecule has 0 atom stereocenters. The van der Waals surface area contributed by atoms with Crippen LogP contribution >= 0.6 is 11.6 Å². The number of methoxy groups -OCH3 is 1. The van der Waals surface area contributed by atoms with Crippen LogP contribution in [-0.4, -0.2) is 27.1 Å². The molecule has 0 aliphatic rings. The fourth-order valence-electron chi connectivity index (χ4n) is 3.31. The summed E-state index contributed by atoms with van der Waals surface area (Å²) >= 11 is 6.23. The van der Waals surface area contributed by atoms with Gasteiger partial charge in [-0.1, -0.05) is 48.0 Å². The molecule has 1 heterocycles. The lowest BCUT2D eigenvalue weighted by Gasteiger charge is -2.10. The number of aromatic amines is 1. The van der Waals surface area contributed by atoms with E-state index in [1.54, 1.807) is 19.2 Å². The van der Waals surface area contributed by atoms with E-state index in [1.165, 1.54) is 0 Å².